The number of carbonyl (C=O) groups excluding carboxylic acids is 1. The fourth-order valence-electron chi connectivity index (χ4n) is 4.49. The average molecular weight is 362 g/mol. The second-order valence-electron chi connectivity index (χ2n) is 7.78. The first kappa shape index (κ1) is 17.7. The van der Waals surface area contributed by atoms with Crippen LogP contribution >= 0.6 is 0 Å². The smallest absolute Gasteiger partial charge is 0.254 e. The van der Waals surface area contributed by atoms with Crippen LogP contribution in [-0.4, -0.2) is 16.8 Å². The summed E-state index contributed by atoms with van der Waals surface area (Å²) in [6, 6.07) is 8.87. The number of hydrogen-bond donors (Lipinski definition) is 0. The van der Waals surface area contributed by atoms with E-state index in [1.54, 1.807) is 12.1 Å². The molecule has 27 heavy (non-hydrogen) atoms. The van der Waals surface area contributed by atoms with Crippen molar-refractivity contribution >= 4 is 5.91 Å². The molecule has 0 N–H and O–H groups in total. The highest BCUT2D eigenvalue weighted by Crippen LogP contribution is 2.35. The minimum absolute atomic E-state index is 0.126. The van der Waals surface area contributed by atoms with Crippen LogP contribution in [0.4, 0.5) is 4.39 Å². The fraction of sp³-hybridized carbons (Fsp3) is 0.391. The molecule has 2 aromatic rings. The first-order valence-electron chi connectivity index (χ1n) is 9.61. The van der Waals surface area contributed by atoms with Crippen LogP contribution in [0, 0.1) is 31.0 Å². The summed E-state index contributed by atoms with van der Waals surface area (Å²) < 4.78 is 14.3. The quantitative estimate of drug-likeness (QED) is 0.787. The molecule has 0 atom stereocenters. The average Bonchev–Trinajstić information content (AvgIpc) is 3.29. The van der Waals surface area contributed by atoms with Gasteiger partial charge < -0.3 is 4.90 Å². The van der Waals surface area contributed by atoms with Gasteiger partial charge in [0.1, 0.15) is 5.82 Å². The summed E-state index contributed by atoms with van der Waals surface area (Å²) in [6.45, 7) is 4.82. The van der Waals surface area contributed by atoms with Crippen LogP contribution in [0.5, 0.6) is 0 Å². The van der Waals surface area contributed by atoms with E-state index < -0.39 is 0 Å². The fourth-order valence-corrected chi connectivity index (χ4v) is 4.49. The van der Waals surface area contributed by atoms with Crippen molar-refractivity contribution in [3.05, 3.63) is 69.0 Å². The van der Waals surface area contributed by atoms with Gasteiger partial charge in [0, 0.05) is 24.6 Å². The summed E-state index contributed by atoms with van der Waals surface area (Å²) >= 11 is 0. The van der Waals surface area contributed by atoms with Crippen LogP contribution in [-0.2, 0) is 13.0 Å². The van der Waals surface area contributed by atoms with Gasteiger partial charge in [0.25, 0.3) is 5.91 Å². The maximum absolute atomic E-state index is 14.3. The number of nitriles is 1. The Labute approximate surface area is 159 Å². The van der Waals surface area contributed by atoms with Crippen molar-refractivity contribution < 1.29 is 9.18 Å². The topological polar surface area (TPSA) is 44.1 Å². The Balaban J connectivity index is 1.68. The second-order valence-corrected chi connectivity index (χ2v) is 7.78. The van der Waals surface area contributed by atoms with Gasteiger partial charge in [-0.25, -0.2) is 4.39 Å². The van der Waals surface area contributed by atoms with E-state index in [0.29, 0.717) is 30.1 Å². The number of benzene rings is 2. The zero-order valence-electron chi connectivity index (χ0n) is 15.8. The molecule has 0 aromatic heterocycles. The maximum atomic E-state index is 14.3. The van der Waals surface area contributed by atoms with Gasteiger partial charge in [0.2, 0.25) is 0 Å². The third kappa shape index (κ3) is 3.02. The summed E-state index contributed by atoms with van der Waals surface area (Å²) in [5.41, 5.74) is 6.04. The molecule has 1 fully saturated rings. The molecule has 0 radical (unpaired) electrons. The molecular formula is C23H23FN2O. The molecule has 1 heterocycles. The lowest BCUT2D eigenvalue weighted by Gasteiger charge is -2.23. The van der Waals surface area contributed by atoms with Crippen LogP contribution in [0.1, 0.15) is 69.4 Å². The summed E-state index contributed by atoms with van der Waals surface area (Å²) in [7, 11) is 0. The minimum atomic E-state index is -0.370. The Morgan fingerprint density at radius 3 is 2.56 bits per heavy atom. The van der Waals surface area contributed by atoms with Crippen molar-refractivity contribution in [3.8, 4) is 6.07 Å². The zero-order valence-corrected chi connectivity index (χ0v) is 15.8. The van der Waals surface area contributed by atoms with Gasteiger partial charge in [0.05, 0.1) is 11.6 Å². The molecule has 1 amide bonds. The lowest BCUT2D eigenvalue weighted by atomic mass is 9.91. The van der Waals surface area contributed by atoms with E-state index in [4.69, 9.17) is 5.26 Å². The van der Waals surface area contributed by atoms with Crippen molar-refractivity contribution in [2.75, 3.05) is 0 Å². The minimum Gasteiger partial charge on any atom is -0.331 e. The number of carbonyl (C=O) groups is 1. The van der Waals surface area contributed by atoms with Gasteiger partial charge in [-0.05, 0) is 72.7 Å². The van der Waals surface area contributed by atoms with E-state index in [2.05, 4.69) is 13.8 Å². The van der Waals surface area contributed by atoms with Gasteiger partial charge in [-0.2, -0.15) is 5.26 Å². The largest absolute Gasteiger partial charge is 0.331 e. The van der Waals surface area contributed by atoms with Crippen LogP contribution in [0.25, 0.3) is 0 Å². The molecule has 2 aliphatic rings. The van der Waals surface area contributed by atoms with Crippen LogP contribution in [0.2, 0.25) is 0 Å². The Bertz CT molecular complexity index is 967. The Morgan fingerprint density at radius 1 is 1.15 bits per heavy atom. The van der Waals surface area contributed by atoms with Gasteiger partial charge in [-0.1, -0.05) is 18.9 Å². The molecule has 0 saturated heterocycles. The molecule has 2 aromatic carbocycles. The van der Waals surface area contributed by atoms with Crippen molar-refractivity contribution in [2.24, 2.45) is 0 Å². The zero-order chi connectivity index (χ0) is 19.1. The highest BCUT2D eigenvalue weighted by atomic mass is 19.1. The van der Waals surface area contributed by atoms with Gasteiger partial charge in [-0.3, -0.25) is 4.79 Å². The Morgan fingerprint density at radius 2 is 1.89 bits per heavy atom. The number of nitrogens with zero attached hydrogens (tertiary/aromatic N) is 2. The summed E-state index contributed by atoms with van der Waals surface area (Å²) in [5, 5.41) is 8.91. The maximum Gasteiger partial charge on any atom is 0.254 e. The monoisotopic (exact) mass is 362 g/mol. The molecule has 4 heteroatoms. The lowest BCUT2D eigenvalue weighted by Crippen LogP contribution is -2.33. The van der Waals surface area contributed by atoms with Crippen molar-refractivity contribution in [3.63, 3.8) is 0 Å². The molecule has 0 bridgehead atoms. The summed E-state index contributed by atoms with van der Waals surface area (Å²) in [6.07, 6.45) is 5.02. The van der Waals surface area contributed by atoms with Gasteiger partial charge >= 0.3 is 0 Å². The molecule has 4 rings (SSSR count). The summed E-state index contributed by atoms with van der Waals surface area (Å²) in [4.78, 5) is 15.1. The molecular weight excluding hydrogens is 339 g/mol. The normalized spacial score (nSPS) is 16.7. The molecule has 0 unspecified atom stereocenters. The third-order valence-corrected chi connectivity index (χ3v) is 6.29. The van der Waals surface area contributed by atoms with E-state index in [-0.39, 0.29) is 11.7 Å². The number of halogens is 1. The van der Waals surface area contributed by atoms with Crippen molar-refractivity contribution in [2.45, 2.75) is 58.5 Å². The van der Waals surface area contributed by atoms with Crippen LogP contribution in [0.3, 0.4) is 0 Å². The van der Waals surface area contributed by atoms with E-state index in [9.17, 15) is 9.18 Å². The van der Waals surface area contributed by atoms with Crippen molar-refractivity contribution in [1.29, 1.82) is 5.26 Å². The lowest BCUT2D eigenvalue weighted by molar-refractivity contribution is 0.0707. The number of rotatable bonds is 3. The van der Waals surface area contributed by atoms with E-state index in [1.165, 1.54) is 18.9 Å². The van der Waals surface area contributed by atoms with E-state index in [0.717, 1.165) is 40.7 Å². The van der Waals surface area contributed by atoms with Gasteiger partial charge in [0.15, 0.2) is 0 Å². The predicted molar refractivity (Wildman–Crippen MR) is 102 cm³/mol. The standard InChI is InChI=1S/C23H23FN2O/c1-14-15(2)21-13-26(19-5-3-4-6-19)23(27)20(21)11-18(14)10-17-8-7-16(12-25)9-22(17)24/h7-9,11,19H,3-6,10,13H2,1-2H3. The Hall–Kier alpha value is -2.67. The van der Waals surface area contributed by atoms with Crippen LogP contribution < -0.4 is 0 Å². The van der Waals surface area contributed by atoms with Gasteiger partial charge in [-0.15, -0.1) is 0 Å². The first-order valence-corrected chi connectivity index (χ1v) is 9.61. The number of fused-ring (bicyclic) bond motifs is 1. The highest BCUT2D eigenvalue weighted by molar-refractivity contribution is 5.99. The molecule has 138 valence electrons. The molecule has 1 saturated carbocycles. The summed E-state index contributed by atoms with van der Waals surface area (Å²) in [5.74, 6) is -0.243. The molecule has 1 aliphatic heterocycles. The van der Waals surface area contributed by atoms with E-state index >= 15 is 0 Å². The second kappa shape index (κ2) is 6.81. The van der Waals surface area contributed by atoms with Crippen LogP contribution in [0.15, 0.2) is 24.3 Å². The first-order chi connectivity index (χ1) is 13.0. The molecule has 3 nitrogen and oxygen atoms in total. The molecule has 0 spiro atoms. The van der Waals surface area contributed by atoms with E-state index in [1.807, 2.05) is 17.0 Å². The SMILES string of the molecule is Cc1c(Cc2ccc(C#N)cc2F)cc2c(c1C)CN(C1CCCC1)C2=O. The predicted octanol–water partition coefficient (Wildman–Crippen LogP) is 4.80. The Kier molecular flexibility index (Phi) is 4.47. The number of hydrogen-bond acceptors (Lipinski definition) is 2. The highest BCUT2D eigenvalue weighted by Gasteiger charge is 2.35. The molecule has 1 aliphatic carbocycles. The third-order valence-electron chi connectivity index (χ3n) is 6.29. The number of amides is 1. The van der Waals surface area contributed by atoms with Crippen molar-refractivity contribution in [1.82, 2.24) is 4.90 Å².